The van der Waals surface area contributed by atoms with Gasteiger partial charge in [-0.25, -0.2) is 4.98 Å². The lowest BCUT2D eigenvalue weighted by Gasteiger charge is -2.36. The number of rotatable bonds is 7. The highest BCUT2D eigenvalue weighted by Crippen LogP contribution is 2.53. The lowest BCUT2D eigenvalue weighted by atomic mass is 9.78. The summed E-state index contributed by atoms with van der Waals surface area (Å²) in [5, 5.41) is 21.5. The fraction of sp³-hybridized carbons (Fsp3) is 0.412. The molecule has 10 nitrogen and oxygen atoms in total. The number of amides is 1. The van der Waals surface area contributed by atoms with Crippen LogP contribution in [0.5, 0.6) is 0 Å². The summed E-state index contributed by atoms with van der Waals surface area (Å²) in [5.41, 5.74) is 1.21. The third-order valence-electron chi connectivity index (χ3n) is 10.2. The number of aromatic nitrogens is 5. The number of nitrogens with zero attached hydrogens (tertiary/aromatic N) is 8. The number of fused-ring (bicyclic) bond motifs is 1. The normalized spacial score (nSPS) is 19.5. The number of carbonyl (C=O) groups is 1. The first kappa shape index (κ1) is 29.6. The van der Waals surface area contributed by atoms with E-state index in [0.717, 1.165) is 31.5 Å². The lowest BCUT2D eigenvalue weighted by molar-refractivity contribution is -0.138. The molecule has 0 unspecified atom stereocenters. The van der Waals surface area contributed by atoms with Crippen molar-refractivity contribution in [1.82, 2.24) is 29.6 Å². The van der Waals surface area contributed by atoms with Gasteiger partial charge in [-0.05, 0) is 97.5 Å². The molecule has 2 aliphatic heterocycles. The van der Waals surface area contributed by atoms with E-state index >= 15 is 0 Å². The van der Waals surface area contributed by atoms with Crippen LogP contribution in [-0.4, -0.2) is 54.2 Å². The van der Waals surface area contributed by atoms with Crippen LogP contribution in [0.25, 0.3) is 22.5 Å². The van der Waals surface area contributed by atoms with E-state index in [1.165, 1.54) is 23.8 Å². The molecule has 0 atom stereocenters. The lowest BCUT2D eigenvalue weighted by Crippen LogP contribution is -2.43. The fourth-order valence-corrected chi connectivity index (χ4v) is 7.26. The quantitative estimate of drug-likeness (QED) is 0.263. The Balaban J connectivity index is 1.20. The molecule has 0 bridgehead atoms. The van der Waals surface area contributed by atoms with Crippen molar-refractivity contribution < 1.29 is 18.0 Å². The van der Waals surface area contributed by atoms with Gasteiger partial charge in [0.05, 0.1) is 18.2 Å². The third kappa shape index (κ3) is 5.20. The van der Waals surface area contributed by atoms with Gasteiger partial charge >= 0.3 is 6.18 Å². The highest BCUT2D eigenvalue weighted by Gasteiger charge is 2.48. The minimum Gasteiger partial charge on any atom is -0.352 e. The van der Waals surface area contributed by atoms with E-state index in [4.69, 9.17) is 4.98 Å². The molecule has 1 spiro atoms. The summed E-state index contributed by atoms with van der Waals surface area (Å²) in [6.07, 6.45) is 5.80. The number of aryl methyl sites for hydroxylation is 1. The summed E-state index contributed by atoms with van der Waals surface area (Å²) in [4.78, 5) is 26.6. The number of carbonyl (C=O) groups excluding carboxylic acids is 1. The molecular formula is C34H32F3N9O. The molecule has 3 aromatic heterocycles. The molecule has 47 heavy (non-hydrogen) atoms. The second kappa shape index (κ2) is 10.6. The third-order valence-corrected chi connectivity index (χ3v) is 10.2. The van der Waals surface area contributed by atoms with E-state index in [-0.39, 0.29) is 23.5 Å². The molecule has 8 rings (SSSR count). The standard InChI is InChI=1S/C34H32F3N9O/c1-44-20-40-43-30(44)23-3-9-39-15-25(23)22-13-28(42-33(18-38)4-2-5-33)41-29(14-22)46-17-26-24(31(46)47)11-21(12-27(26)34(35,36)37)16-45-10-8-32(19-45)6-7-32/h3,9,11-15,20H,2,4-8,10,16-17,19H2,1H3,(H,41,42). The van der Waals surface area contributed by atoms with Crippen LogP contribution in [0.4, 0.5) is 24.8 Å². The SMILES string of the molecule is Cn1cnnc1-c1ccncc1-c1cc(NC2(C#N)CCC2)nc(N2Cc3c(cc(CN4CCC5(CC5)C4)cc3C(F)(F)F)C2=O)c1. The second-order valence-electron chi connectivity index (χ2n) is 13.5. The average Bonchev–Trinajstić information content (AvgIpc) is 3.29. The number of likely N-dealkylation sites (tertiary alicyclic amines) is 1. The summed E-state index contributed by atoms with van der Waals surface area (Å²) in [5.74, 6) is 0.563. The van der Waals surface area contributed by atoms with E-state index in [1.807, 2.05) is 7.05 Å². The predicted molar refractivity (Wildman–Crippen MR) is 167 cm³/mol. The summed E-state index contributed by atoms with van der Waals surface area (Å²) < 4.78 is 45.4. The van der Waals surface area contributed by atoms with Gasteiger partial charge < -0.3 is 9.88 Å². The number of benzene rings is 1. The maximum Gasteiger partial charge on any atom is 0.416 e. The Morgan fingerprint density at radius 2 is 1.89 bits per heavy atom. The first-order chi connectivity index (χ1) is 22.6. The molecule has 0 radical (unpaired) electrons. The zero-order chi connectivity index (χ0) is 32.6. The van der Waals surface area contributed by atoms with E-state index in [2.05, 4.69) is 31.5 Å². The average molecular weight is 640 g/mol. The van der Waals surface area contributed by atoms with Crippen LogP contribution in [-0.2, 0) is 26.3 Å². The molecule has 1 aromatic carbocycles. The van der Waals surface area contributed by atoms with Crippen LogP contribution in [0.15, 0.2) is 49.1 Å². The molecule has 13 heteroatoms. The summed E-state index contributed by atoms with van der Waals surface area (Å²) >= 11 is 0. The molecule has 1 amide bonds. The van der Waals surface area contributed by atoms with E-state index < -0.39 is 23.2 Å². The van der Waals surface area contributed by atoms with Crippen molar-refractivity contribution in [2.24, 2.45) is 12.5 Å². The summed E-state index contributed by atoms with van der Waals surface area (Å²) in [7, 11) is 1.82. The molecule has 4 aromatic rings. The van der Waals surface area contributed by atoms with Gasteiger partial charge in [-0.15, -0.1) is 10.2 Å². The highest BCUT2D eigenvalue weighted by atomic mass is 19.4. The number of hydrogen-bond donors (Lipinski definition) is 1. The van der Waals surface area contributed by atoms with Gasteiger partial charge in [0, 0.05) is 49.2 Å². The fourth-order valence-electron chi connectivity index (χ4n) is 7.26. The molecule has 2 saturated carbocycles. The first-order valence-corrected chi connectivity index (χ1v) is 15.8. The zero-order valence-corrected chi connectivity index (χ0v) is 25.8. The number of halogens is 3. The number of anilines is 2. The van der Waals surface area contributed by atoms with E-state index in [1.54, 1.807) is 47.6 Å². The Morgan fingerprint density at radius 3 is 2.55 bits per heavy atom. The van der Waals surface area contributed by atoms with Crippen LogP contribution in [0.2, 0.25) is 0 Å². The molecule has 5 heterocycles. The minimum atomic E-state index is -4.63. The van der Waals surface area contributed by atoms with Gasteiger partial charge in [0.1, 0.15) is 23.5 Å². The Kier molecular flexibility index (Phi) is 6.67. The Bertz CT molecular complexity index is 1950. The van der Waals surface area contributed by atoms with Crippen LogP contribution in [0, 0.1) is 16.7 Å². The van der Waals surface area contributed by atoms with Gasteiger partial charge in [0.2, 0.25) is 0 Å². The van der Waals surface area contributed by atoms with E-state index in [0.29, 0.717) is 53.1 Å². The highest BCUT2D eigenvalue weighted by molar-refractivity contribution is 6.10. The predicted octanol–water partition coefficient (Wildman–Crippen LogP) is 5.96. The van der Waals surface area contributed by atoms with Gasteiger partial charge in [-0.1, -0.05) is 0 Å². The Hall–Kier alpha value is -4.83. The monoisotopic (exact) mass is 639 g/mol. The zero-order valence-electron chi connectivity index (χ0n) is 25.8. The van der Waals surface area contributed by atoms with Crippen molar-refractivity contribution >= 4 is 17.5 Å². The van der Waals surface area contributed by atoms with Crippen molar-refractivity contribution in [3.8, 4) is 28.6 Å². The second-order valence-corrected chi connectivity index (χ2v) is 13.5. The van der Waals surface area contributed by atoms with Crippen molar-refractivity contribution in [2.45, 2.75) is 63.3 Å². The maximum absolute atomic E-state index is 14.5. The Morgan fingerprint density at radius 1 is 1.06 bits per heavy atom. The molecular weight excluding hydrogens is 607 g/mol. The molecule has 1 saturated heterocycles. The maximum atomic E-state index is 14.5. The van der Waals surface area contributed by atoms with Crippen molar-refractivity contribution in [3.05, 3.63) is 71.3 Å². The summed E-state index contributed by atoms with van der Waals surface area (Å²) in [6.45, 7) is 1.82. The van der Waals surface area contributed by atoms with Gasteiger partial charge in [-0.3, -0.25) is 19.6 Å². The van der Waals surface area contributed by atoms with Crippen molar-refractivity contribution in [2.75, 3.05) is 23.3 Å². The Labute approximate surface area is 269 Å². The van der Waals surface area contributed by atoms with Crippen LogP contribution in [0.1, 0.15) is 65.6 Å². The topological polar surface area (TPSA) is 116 Å². The summed E-state index contributed by atoms with van der Waals surface area (Å²) in [6, 6.07) is 10.4. The number of nitrogens with one attached hydrogen (secondary N) is 1. The van der Waals surface area contributed by atoms with Gasteiger partial charge in [0.15, 0.2) is 5.82 Å². The van der Waals surface area contributed by atoms with E-state index in [9.17, 15) is 23.2 Å². The van der Waals surface area contributed by atoms with Crippen molar-refractivity contribution in [3.63, 3.8) is 0 Å². The molecule has 3 fully saturated rings. The first-order valence-electron chi connectivity index (χ1n) is 15.8. The molecule has 4 aliphatic rings. The van der Waals surface area contributed by atoms with Crippen molar-refractivity contribution in [1.29, 1.82) is 5.26 Å². The number of pyridine rings is 2. The number of nitriles is 1. The number of alkyl halides is 3. The van der Waals surface area contributed by atoms with Gasteiger partial charge in [0.25, 0.3) is 5.91 Å². The minimum absolute atomic E-state index is 0.0468. The largest absolute Gasteiger partial charge is 0.416 e. The van der Waals surface area contributed by atoms with Gasteiger partial charge in [-0.2, -0.15) is 18.4 Å². The smallest absolute Gasteiger partial charge is 0.352 e. The molecule has 2 aliphatic carbocycles. The molecule has 1 N–H and O–H groups in total. The van der Waals surface area contributed by atoms with Crippen LogP contribution < -0.4 is 10.2 Å². The molecule has 240 valence electrons. The van der Waals surface area contributed by atoms with Crippen LogP contribution in [0.3, 0.4) is 0 Å². The number of hydrogen-bond acceptors (Lipinski definition) is 8. The van der Waals surface area contributed by atoms with Crippen LogP contribution >= 0.6 is 0 Å².